The van der Waals surface area contributed by atoms with Crippen LogP contribution in [0.25, 0.3) is 54.9 Å². The topological polar surface area (TPSA) is 22.8 Å². The standard InChI is InChI=1S/C29H19N3/c1-2-9-22(10-3-1)31-15-14-20-16-25-24-12-6-7-13-26(24)32(28(25)17-27(20)31)29-19-30-18-21-8-4-5-11-23(21)29/h1-19H. The van der Waals surface area contributed by atoms with Crippen molar-refractivity contribution in [3.63, 3.8) is 0 Å². The van der Waals surface area contributed by atoms with Gasteiger partial charge in [0.15, 0.2) is 0 Å². The SMILES string of the molecule is c1ccc(-n2ccc3cc4c5ccccc5n(-c5cncc6ccccc56)c4cc32)cc1. The molecule has 0 radical (unpaired) electrons. The number of benzene rings is 4. The van der Waals surface area contributed by atoms with E-state index >= 15 is 0 Å². The number of hydrogen-bond donors (Lipinski definition) is 0. The number of nitrogens with zero attached hydrogens (tertiary/aromatic N) is 3. The third-order valence-corrected chi connectivity index (χ3v) is 6.41. The van der Waals surface area contributed by atoms with Crippen LogP contribution in [0.4, 0.5) is 0 Å². The quantitative estimate of drug-likeness (QED) is 0.294. The van der Waals surface area contributed by atoms with Gasteiger partial charge in [-0.2, -0.15) is 0 Å². The van der Waals surface area contributed by atoms with Gasteiger partial charge in [0.05, 0.1) is 28.4 Å². The van der Waals surface area contributed by atoms with Crippen molar-refractivity contribution >= 4 is 43.5 Å². The van der Waals surface area contributed by atoms with Crippen molar-refractivity contribution in [1.29, 1.82) is 0 Å². The van der Waals surface area contributed by atoms with E-state index in [1.165, 1.54) is 38.1 Å². The Labute approximate surface area is 184 Å². The van der Waals surface area contributed by atoms with E-state index < -0.39 is 0 Å². The molecule has 0 bridgehead atoms. The molecule has 0 aliphatic rings. The molecule has 0 unspecified atom stereocenters. The zero-order chi connectivity index (χ0) is 21.1. The van der Waals surface area contributed by atoms with Crippen molar-refractivity contribution in [2.45, 2.75) is 0 Å². The zero-order valence-electron chi connectivity index (χ0n) is 17.3. The average Bonchev–Trinajstić information content (AvgIpc) is 3.41. The zero-order valence-corrected chi connectivity index (χ0v) is 17.3. The Morgan fingerprint density at radius 2 is 1.31 bits per heavy atom. The highest BCUT2D eigenvalue weighted by atomic mass is 15.0. The molecule has 4 aromatic carbocycles. The van der Waals surface area contributed by atoms with Gasteiger partial charge < -0.3 is 9.13 Å². The van der Waals surface area contributed by atoms with Crippen LogP contribution in [0.1, 0.15) is 0 Å². The van der Waals surface area contributed by atoms with Crippen LogP contribution in [-0.4, -0.2) is 14.1 Å². The van der Waals surface area contributed by atoms with Gasteiger partial charge in [0.25, 0.3) is 0 Å². The summed E-state index contributed by atoms with van der Waals surface area (Å²) in [5.41, 5.74) is 5.84. The van der Waals surface area contributed by atoms with Crippen molar-refractivity contribution < 1.29 is 0 Å². The number of fused-ring (bicyclic) bond motifs is 5. The molecule has 0 atom stereocenters. The molecule has 0 spiro atoms. The number of hydrogen-bond acceptors (Lipinski definition) is 1. The van der Waals surface area contributed by atoms with Crippen molar-refractivity contribution in [3.8, 4) is 11.4 Å². The van der Waals surface area contributed by atoms with E-state index in [0.717, 1.165) is 16.8 Å². The molecule has 0 saturated carbocycles. The molecule has 0 saturated heterocycles. The fourth-order valence-corrected chi connectivity index (χ4v) is 4.95. The fourth-order valence-electron chi connectivity index (χ4n) is 4.95. The first-order valence-corrected chi connectivity index (χ1v) is 10.8. The highest BCUT2D eigenvalue weighted by Crippen LogP contribution is 2.37. The monoisotopic (exact) mass is 409 g/mol. The molecular weight excluding hydrogens is 390 g/mol. The summed E-state index contributed by atoms with van der Waals surface area (Å²) < 4.78 is 4.62. The van der Waals surface area contributed by atoms with Crippen molar-refractivity contribution in [1.82, 2.24) is 14.1 Å². The van der Waals surface area contributed by atoms with Crippen molar-refractivity contribution in [2.75, 3.05) is 0 Å². The minimum atomic E-state index is 1.10. The second-order valence-electron chi connectivity index (χ2n) is 8.18. The average molecular weight is 409 g/mol. The van der Waals surface area contributed by atoms with Crippen LogP contribution in [0.2, 0.25) is 0 Å². The van der Waals surface area contributed by atoms with Gasteiger partial charge in [0.1, 0.15) is 0 Å². The maximum atomic E-state index is 4.57. The minimum Gasteiger partial charge on any atom is -0.316 e. The molecule has 3 heteroatoms. The highest BCUT2D eigenvalue weighted by Gasteiger charge is 2.16. The maximum absolute atomic E-state index is 4.57. The van der Waals surface area contributed by atoms with E-state index in [1.54, 1.807) is 0 Å². The molecule has 0 aliphatic carbocycles. The van der Waals surface area contributed by atoms with Gasteiger partial charge in [0, 0.05) is 45.0 Å². The van der Waals surface area contributed by atoms with Crippen LogP contribution in [0.3, 0.4) is 0 Å². The van der Waals surface area contributed by atoms with Gasteiger partial charge in [-0.05, 0) is 36.4 Å². The van der Waals surface area contributed by atoms with Crippen LogP contribution in [-0.2, 0) is 0 Å². The summed E-state index contributed by atoms with van der Waals surface area (Å²) in [5.74, 6) is 0. The second-order valence-corrected chi connectivity index (χ2v) is 8.18. The van der Waals surface area contributed by atoms with Crippen LogP contribution in [0.15, 0.2) is 116 Å². The largest absolute Gasteiger partial charge is 0.316 e. The van der Waals surface area contributed by atoms with Gasteiger partial charge in [-0.3, -0.25) is 4.98 Å². The van der Waals surface area contributed by atoms with E-state index in [-0.39, 0.29) is 0 Å². The Kier molecular flexibility index (Phi) is 3.55. The maximum Gasteiger partial charge on any atom is 0.0723 e. The normalized spacial score (nSPS) is 11.8. The second kappa shape index (κ2) is 6.56. The lowest BCUT2D eigenvalue weighted by molar-refractivity contribution is 1.12. The van der Waals surface area contributed by atoms with Gasteiger partial charge in [-0.25, -0.2) is 0 Å². The minimum absolute atomic E-state index is 1.10. The van der Waals surface area contributed by atoms with E-state index in [4.69, 9.17) is 0 Å². The van der Waals surface area contributed by atoms with E-state index in [2.05, 4.69) is 117 Å². The Hall–Kier alpha value is -4.37. The molecular formula is C29H19N3. The molecule has 7 aromatic rings. The predicted octanol–water partition coefficient (Wildman–Crippen LogP) is 7.28. The number of para-hydroxylation sites is 2. The molecule has 32 heavy (non-hydrogen) atoms. The summed E-state index contributed by atoms with van der Waals surface area (Å²) in [7, 11) is 0. The lowest BCUT2D eigenvalue weighted by Crippen LogP contribution is -1.97. The Morgan fingerprint density at radius 1 is 0.531 bits per heavy atom. The van der Waals surface area contributed by atoms with Crippen LogP contribution in [0, 0.1) is 0 Å². The summed E-state index contributed by atoms with van der Waals surface area (Å²) in [5, 5.41) is 6.09. The van der Waals surface area contributed by atoms with Crippen LogP contribution in [0.5, 0.6) is 0 Å². The molecule has 0 amide bonds. The lowest BCUT2D eigenvalue weighted by atomic mass is 10.1. The smallest absolute Gasteiger partial charge is 0.0723 e. The van der Waals surface area contributed by atoms with Crippen LogP contribution >= 0.6 is 0 Å². The summed E-state index contributed by atoms with van der Waals surface area (Å²) >= 11 is 0. The molecule has 0 fully saturated rings. The molecule has 3 nitrogen and oxygen atoms in total. The molecule has 0 aliphatic heterocycles. The number of pyridine rings is 1. The molecule has 3 heterocycles. The Bertz CT molecular complexity index is 1770. The first-order chi connectivity index (χ1) is 15.9. The molecule has 150 valence electrons. The first kappa shape index (κ1) is 17.3. The van der Waals surface area contributed by atoms with Gasteiger partial charge >= 0.3 is 0 Å². The number of rotatable bonds is 2. The summed E-state index contributed by atoms with van der Waals surface area (Å²) in [6.07, 6.45) is 6.07. The third-order valence-electron chi connectivity index (χ3n) is 6.41. The van der Waals surface area contributed by atoms with Crippen molar-refractivity contribution in [2.24, 2.45) is 0 Å². The third kappa shape index (κ3) is 2.39. The molecule has 0 N–H and O–H groups in total. The molecule has 3 aromatic heterocycles. The van der Waals surface area contributed by atoms with E-state index in [0.29, 0.717) is 0 Å². The molecule has 7 rings (SSSR count). The Balaban J connectivity index is 1.64. The highest BCUT2D eigenvalue weighted by molar-refractivity contribution is 6.14. The number of aromatic nitrogens is 3. The van der Waals surface area contributed by atoms with Crippen molar-refractivity contribution in [3.05, 3.63) is 116 Å². The Morgan fingerprint density at radius 3 is 2.22 bits per heavy atom. The fraction of sp³-hybridized carbons (Fsp3) is 0. The predicted molar refractivity (Wildman–Crippen MR) is 133 cm³/mol. The van der Waals surface area contributed by atoms with Gasteiger partial charge in [0.2, 0.25) is 0 Å². The summed E-state index contributed by atoms with van der Waals surface area (Å²) in [6.45, 7) is 0. The first-order valence-electron chi connectivity index (χ1n) is 10.8. The van der Waals surface area contributed by atoms with E-state index in [9.17, 15) is 0 Å². The van der Waals surface area contributed by atoms with Crippen LogP contribution < -0.4 is 0 Å². The van der Waals surface area contributed by atoms with Gasteiger partial charge in [-0.1, -0.05) is 60.7 Å². The van der Waals surface area contributed by atoms with E-state index in [1.807, 2.05) is 12.4 Å². The lowest BCUT2D eigenvalue weighted by Gasteiger charge is -2.11. The van der Waals surface area contributed by atoms with Gasteiger partial charge in [-0.15, -0.1) is 0 Å². The summed E-state index contributed by atoms with van der Waals surface area (Å²) in [4.78, 5) is 4.57. The summed E-state index contributed by atoms with van der Waals surface area (Å²) in [6, 6.07) is 34.5.